The number of carbonyl (C=O) groups is 2. The van der Waals surface area contributed by atoms with Gasteiger partial charge in [0.05, 0.1) is 10.0 Å². The number of rotatable bonds is 4. The van der Waals surface area contributed by atoms with Gasteiger partial charge in [-0.05, 0) is 25.1 Å². The van der Waals surface area contributed by atoms with Crippen molar-refractivity contribution in [2.75, 3.05) is 13.1 Å². The van der Waals surface area contributed by atoms with E-state index in [0.29, 0.717) is 17.1 Å². The second-order valence-corrected chi connectivity index (χ2v) is 4.16. The Balaban J connectivity index is 2.93. The highest BCUT2D eigenvalue weighted by molar-refractivity contribution is 6.42. The highest BCUT2D eigenvalue weighted by Gasteiger charge is 2.17. The Labute approximate surface area is 109 Å². The smallest absolute Gasteiger partial charge is 0.323 e. The van der Waals surface area contributed by atoms with E-state index in [9.17, 15) is 9.59 Å². The average Bonchev–Trinajstić information content (AvgIpc) is 2.28. The predicted octanol–water partition coefficient (Wildman–Crippen LogP) is 2.54. The molecular weight excluding hydrogens is 265 g/mol. The first-order valence-electron chi connectivity index (χ1n) is 4.91. The van der Waals surface area contributed by atoms with Gasteiger partial charge in [-0.2, -0.15) is 0 Å². The fourth-order valence-electron chi connectivity index (χ4n) is 1.30. The summed E-state index contributed by atoms with van der Waals surface area (Å²) in [7, 11) is 0. The summed E-state index contributed by atoms with van der Waals surface area (Å²) in [6.07, 6.45) is 0. The summed E-state index contributed by atoms with van der Waals surface area (Å²) in [6.45, 7) is 1.68. The Morgan fingerprint density at radius 2 is 1.94 bits per heavy atom. The number of benzene rings is 1. The Kier molecular flexibility index (Phi) is 4.78. The monoisotopic (exact) mass is 275 g/mol. The molecule has 6 heteroatoms. The normalized spacial score (nSPS) is 10.1. The number of aliphatic carboxylic acids is 1. The molecule has 92 valence electrons. The van der Waals surface area contributed by atoms with Crippen molar-refractivity contribution in [3.05, 3.63) is 33.8 Å². The van der Waals surface area contributed by atoms with Crippen LogP contribution in [-0.2, 0) is 4.79 Å². The standard InChI is InChI=1S/C11H11Cl2NO3/c1-2-14(6-10(15)16)11(17)7-3-4-8(12)9(13)5-7/h3-5H,2,6H2,1H3,(H,15,16). The lowest BCUT2D eigenvalue weighted by Crippen LogP contribution is -2.35. The summed E-state index contributed by atoms with van der Waals surface area (Å²) >= 11 is 11.5. The van der Waals surface area contributed by atoms with Gasteiger partial charge in [0.2, 0.25) is 0 Å². The Morgan fingerprint density at radius 1 is 1.29 bits per heavy atom. The molecule has 0 aliphatic heterocycles. The SMILES string of the molecule is CCN(CC(=O)O)C(=O)c1ccc(Cl)c(Cl)c1. The first-order chi connectivity index (χ1) is 7.95. The lowest BCUT2D eigenvalue weighted by atomic mass is 10.2. The predicted molar refractivity (Wildman–Crippen MR) is 65.7 cm³/mol. The maximum Gasteiger partial charge on any atom is 0.323 e. The van der Waals surface area contributed by atoms with Crippen molar-refractivity contribution in [3.8, 4) is 0 Å². The van der Waals surface area contributed by atoms with Crippen molar-refractivity contribution >= 4 is 35.1 Å². The van der Waals surface area contributed by atoms with E-state index >= 15 is 0 Å². The van der Waals surface area contributed by atoms with Crippen molar-refractivity contribution in [2.45, 2.75) is 6.92 Å². The summed E-state index contributed by atoms with van der Waals surface area (Å²) in [5.74, 6) is -1.44. The summed E-state index contributed by atoms with van der Waals surface area (Å²) in [5.41, 5.74) is 0.322. The summed E-state index contributed by atoms with van der Waals surface area (Å²) < 4.78 is 0. The maximum absolute atomic E-state index is 11.9. The number of carbonyl (C=O) groups excluding carboxylic acids is 1. The number of amides is 1. The fourth-order valence-corrected chi connectivity index (χ4v) is 1.60. The zero-order valence-electron chi connectivity index (χ0n) is 9.11. The minimum Gasteiger partial charge on any atom is -0.480 e. The average molecular weight is 276 g/mol. The molecular formula is C11H11Cl2NO3. The summed E-state index contributed by atoms with van der Waals surface area (Å²) in [6, 6.07) is 4.45. The second kappa shape index (κ2) is 5.89. The van der Waals surface area contributed by atoms with Crippen LogP contribution in [0, 0.1) is 0 Å². The number of nitrogens with zero attached hydrogens (tertiary/aromatic N) is 1. The van der Waals surface area contributed by atoms with Crippen molar-refractivity contribution in [2.24, 2.45) is 0 Å². The first-order valence-corrected chi connectivity index (χ1v) is 5.67. The molecule has 0 spiro atoms. The minimum atomic E-state index is -1.06. The van der Waals surface area contributed by atoms with E-state index in [1.54, 1.807) is 6.92 Å². The summed E-state index contributed by atoms with van der Waals surface area (Å²) in [5, 5.41) is 9.29. The molecule has 0 aliphatic carbocycles. The molecule has 4 nitrogen and oxygen atoms in total. The van der Waals surface area contributed by atoms with E-state index in [4.69, 9.17) is 28.3 Å². The molecule has 1 amide bonds. The Hall–Kier alpha value is -1.26. The fraction of sp³-hybridized carbons (Fsp3) is 0.273. The Morgan fingerprint density at radius 3 is 2.41 bits per heavy atom. The van der Waals surface area contributed by atoms with Gasteiger partial charge in [0.25, 0.3) is 5.91 Å². The van der Waals surface area contributed by atoms with Gasteiger partial charge < -0.3 is 10.0 Å². The molecule has 0 fully saturated rings. The van der Waals surface area contributed by atoms with Crippen LogP contribution in [0.5, 0.6) is 0 Å². The molecule has 0 bridgehead atoms. The van der Waals surface area contributed by atoms with E-state index in [1.807, 2.05) is 0 Å². The number of halogens is 2. The molecule has 0 saturated heterocycles. The van der Waals surface area contributed by atoms with Gasteiger partial charge in [-0.3, -0.25) is 9.59 Å². The third-order valence-corrected chi connectivity index (χ3v) is 2.90. The van der Waals surface area contributed by atoms with Crippen molar-refractivity contribution < 1.29 is 14.7 Å². The van der Waals surface area contributed by atoms with Crippen LogP contribution in [-0.4, -0.2) is 35.0 Å². The third kappa shape index (κ3) is 3.61. The van der Waals surface area contributed by atoms with Crippen LogP contribution in [0.25, 0.3) is 0 Å². The molecule has 1 N–H and O–H groups in total. The van der Waals surface area contributed by atoms with E-state index in [0.717, 1.165) is 0 Å². The molecule has 0 saturated carbocycles. The van der Waals surface area contributed by atoms with E-state index in [1.165, 1.54) is 23.1 Å². The van der Waals surface area contributed by atoms with Gasteiger partial charge >= 0.3 is 5.97 Å². The summed E-state index contributed by atoms with van der Waals surface area (Å²) in [4.78, 5) is 23.7. The van der Waals surface area contributed by atoms with Crippen molar-refractivity contribution in [1.29, 1.82) is 0 Å². The lowest BCUT2D eigenvalue weighted by molar-refractivity contribution is -0.137. The van der Waals surface area contributed by atoms with Gasteiger partial charge in [0.1, 0.15) is 6.54 Å². The second-order valence-electron chi connectivity index (χ2n) is 3.34. The van der Waals surface area contributed by atoms with E-state index in [-0.39, 0.29) is 17.5 Å². The molecule has 1 aromatic carbocycles. The van der Waals surface area contributed by atoms with Gasteiger partial charge in [-0.15, -0.1) is 0 Å². The number of hydrogen-bond donors (Lipinski definition) is 1. The number of likely N-dealkylation sites (N-methyl/N-ethyl adjacent to an activating group) is 1. The number of carboxylic acid groups (broad SMARTS) is 1. The van der Waals surface area contributed by atoms with Crippen LogP contribution in [0.15, 0.2) is 18.2 Å². The Bertz CT molecular complexity index is 448. The zero-order valence-corrected chi connectivity index (χ0v) is 10.6. The quantitative estimate of drug-likeness (QED) is 0.919. The maximum atomic E-state index is 11.9. The molecule has 0 atom stereocenters. The number of carboxylic acids is 1. The van der Waals surface area contributed by atoms with Gasteiger partial charge in [0.15, 0.2) is 0 Å². The minimum absolute atomic E-state index is 0.267. The highest BCUT2D eigenvalue weighted by Crippen LogP contribution is 2.23. The largest absolute Gasteiger partial charge is 0.480 e. The van der Waals surface area contributed by atoms with E-state index < -0.39 is 5.97 Å². The van der Waals surface area contributed by atoms with Gasteiger partial charge in [-0.25, -0.2) is 0 Å². The molecule has 1 rings (SSSR count). The van der Waals surface area contributed by atoms with Crippen LogP contribution in [0.3, 0.4) is 0 Å². The van der Waals surface area contributed by atoms with Crippen LogP contribution in [0.2, 0.25) is 10.0 Å². The highest BCUT2D eigenvalue weighted by atomic mass is 35.5. The van der Waals surface area contributed by atoms with Crippen LogP contribution in [0.1, 0.15) is 17.3 Å². The molecule has 0 aromatic heterocycles. The van der Waals surface area contributed by atoms with E-state index in [2.05, 4.69) is 0 Å². The zero-order chi connectivity index (χ0) is 13.0. The third-order valence-electron chi connectivity index (χ3n) is 2.16. The van der Waals surface area contributed by atoms with Crippen molar-refractivity contribution in [3.63, 3.8) is 0 Å². The molecule has 0 unspecified atom stereocenters. The van der Waals surface area contributed by atoms with Crippen LogP contribution >= 0.6 is 23.2 Å². The number of hydrogen-bond acceptors (Lipinski definition) is 2. The topological polar surface area (TPSA) is 57.6 Å². The van der Waals surface area contributed by atoms with Crippen LogP contribution < -0.4 is 0 Å². The van der Waals surface area contributed by atoms with Crippen LogP contribution in [0.4, 0.5) is 0 Å². The molecule has 0 heterocycles. The molecule has 0 aliphatic rings. The molecule has 17 heavy (non-hydrogen) atoms. The molecule has 0 radical (unpaired) electrons. The van der Waals surface area contributed by atoms with Crippen molar-refractivity contribution in [1.82, 2.24) is 4.90 Å². The lowest BCUT2D eigenvalue weighted by Gasteiger charge is -2.18. The van der Waals surface area contributed by atoms with Gasteiger partial charge in [-0.1, -0.05) is 23.2 Å². The molecule has 1 aromatic rings. The van der Waals surface area contributed by atoms with Gasteiger partial charge in [0, 0.05) is 12.1 Å². The first kappa shape index (κ1) is 13.8.